The van der Waals surface area contributed by atoms with Crippen LogP contribution in [0, 0.1) is 0 Å². The molecule has 0 amide bonds. The predicted molar refractivity (Wildman–Crippen MR) is 78.2 cm³/mol. The van der Waals surface area contributed by atoms with E-state index in [1.165, 1.54) is 19.3 Å². The zero-order valence-electron chi connectivity index (χ0n) is 11.0. The Bertz CT molecular complexity index is 459. The molecule has 1 heterocycles. The van der Waals surface area contributed by atoms with Crippen LogP contribution >= 0.6 is 15.9 Å². The van der Waals surface area contributed by atoms with E-state index in [1.54, 1.807) is 0 Å². The monoisotopic (exact) mass is 325 g/mol. The van der Waals surface area contributed by atoms with Gasteiger partial charge in [0.25, 0.3) is 0 Å². The third-order valence-corrected chi connectivity index (χ3v) is 4.86. The van der Waals surface area contributed by atoms with Crippen molar-refractivity contribution in [1.82, 2.24) is 0 Å². The van der Waals surface area contributed by atoms with Crippen LogP contribution in [-0.4, -0.2) is 18.3 Å². The average Bonchev–Trinajstić information content (AvgIpc) is 2.39. The van der Waals surface area contributed by atoms with E-state index in [2.05, 4.69) is 15.9 Å². The van der Waals surface area contributed by atoms with E-state index >= 15 is 0 Å². The molecule has 1 aromatic rings. The van der Waals surface area contributed by atoms with Gasteiger partial charge in [-0.2, -0.15) is 0 Å². The second kappa shape index (κ2) is 5.43. The molecule has 2 aliphatic rings. The summed E-state index contributed by atoms with van der Waals surface area (Å²) in [5.74, 6) is 0.915. The highest BCUT2D eigenvalue weighted by molar-refractivity contribution is 9.10. The molecule has 104 valence electrons. The van der Waals surface area contributed by atoms with E-state index in [1.807, 2.05) is 18.2 Å². The van der Waals surface area contributed by atoms with Crippen LogP contribution in [0.2, 0.25) is 0 Å². The number of nitrogens with two attached hydrogens (primary N) is 1. The molecule has 19 heavy (non-hydrogen) atoms. The van der Waals surface area contributed by atoms with Crippen LogP contribution in [0.15, 0.2) is 22.7 Å². The number of hydrogen-bond donors (Lipinski definition) is 1. The summed E-state index contributed by atoms with van der Waals surface area (Å²) in [4.78, 5) is 0. The van der Waals surface area contributed by atoms with E-state index in [9.17, 15) is 0 Å². The number of halogens is 1. The summed E-state index contributed by atoms with van der Waals surface area (Å²) >= 11 is 3.56. The van der Waals surface area contributed by atoms with Gasteiger partial charge in [-0.1, -0.05) is 6.07 Å². The minimum atomic E-state index is 0.132. The molecule has 0 aromatic heterocycles. The number of benzene rings is 1. The van der Waals surface area contributed by atoms with Gasteiger partial charge in [-0.25, -0.2) is 0 Å². The van der Waals surface area contributed by atoms with E-state index in [-0.39, 0.29) is 11.7 Å². The standard InChI is InChI=1S/C15H20BrNO2/c16-13-8-11(10-17)2-3-14(13)19-12-4-7-18-15(9-12)5-1-6-15/h2-3,8,12H,1,4-7,9-10,17H2. The summed E-state index contributed by atoms with van der Waals surface area (Å²) in [5, 5.41) is 0. The van der Waals surface area contributed by atoms with Gasteiger partial charge in [0.15, 0.2) is 0 Å². The van der Waals surface area contributed by atoms with Crippen molar-refractivity contribution >= 4 is 15.9 Å². The molecule has 1 aliphatic heterocycles. The van der Waals surface area contributed by atoms with Crippen LogP contribution in [-0.2, 0) is 11.3 Å². The van der Waals surface area contributed by atoms with Crippen molar-refractivity contribution in [2.45, 2.75) is 50.4 Å². The van der Waals surface area contributed by atoms with Crippen LogP contribution in [0.4, 0.5) is 0 Å². The molecule has 1 unspecified atom stereocenters. The topological polar surface area (TPSA) is 44.5 Å². The lowest BCUT2D eigenvalue weighted by atomic mass is 9.74. The Morgan fingerprint density at radius 1 is 1.42 bits per heavy atom. The molecule has 1 aromatic carbocycles. The van der Waals surface area contributed by atoms with Crippen LogP contribution in [0.25, 0.3) is 0 Å². The van der Waals surface area contributed by atoms with Crippen LogP contribution < -0.4 is 10.5 Å². The molecule has 1 saturated heterocycles. The molecule has 1 saturated carbocycles. The van der Waals surface area contributed by atoms with Crippen LogP contribution in [0.1, 0.15) is 37.7 Å². The fourth-order valence-corrected chi connectivity index (χ4v) is 3.47. The molecule has 2 fully saturated rings. The van der Waals surface area contributed by atoms with Gasteiger partial charge >= 0.3 is 0 Å². The fraction of sp³-hybridized carbons (Fsp3) is 0.600. The maximum absolute atomic E-state index is 6.15. The zero-order chi connectivity index (χ0) is 13.3. The molecule has 0 radical (unpaired) electrons. The molecule has 4 heteroatoms. The van der Waals surface area contributed by atoms with Gasteiger partial charge in [0, 0.05) is 19.4 Å². The summed E-state index contributed by atoms with van der Waals surface area (Å²) in [6.07, 6.45) is 5.96. The molecule has 1 aliphatic carbocycles. The maximum Gasteiger partial charge on any atom is 0.133 e. The molecule has 2 N–H and O–H groups in total. The fourth-order valence-electron chi connectivity index (χ4n) is 2.95. The Labute approximate surface area is 122 Å². The number of hydrogen-bond acceptors (Lipinski definition) is 3. The lowest BCUT2D eigenvalue weighted by molar-refractivity contribution is -0.153. The Hall–Kier alpha value is -0.580. The first-order valence-electron chi connectivity index (χ1n) is 7.00. The van der Waals surface area contributed by atoms with Crippen molar-refractivity contribution in [1.29, 1.82) is 0 Å². The highest BCUT2D eigenvalue weighted by Gasteiger charge is 2.43. The minimum Gasteiger partial charge on any atom is -0.489 e. The second-order valence-electron chi connectivity index (χ2n) is 5.59. The van der Waals surface area contributed by atoms with E-state index in [4.69, 9.17) is 15.2 Å². The third-order valence-electron chi connectivity index (χ3n) is 4.24. The second-order valence-corrected chi connectivity index (χ2v) is 6.44. The first-order valence-corrected chi connectivity index (χ1v) is 7.79. The zero-order valence-corrected chi connectivity index (χ0v) is 12.6. The summed E-state index contributed by atoms with van der Waals surface area (Å²) in [5.41, 5.74) is 6.88. The quantitative estimate of drug-likeness (QED) is 0.926. The van der Waals surface area contributed by atoms with Gasteiger partial charge in [-0.05, 0) is 52.9 Å². The van der Waals surface area contributed by atoms with Crippen molar-refractivity contribution in [3.63, 3.8) is 0 Å². The SMILES string of the molecule is NCc1ccc(OC2CCOC3(CCC3)C2)c(Br)c1. The largest absolute Gasteiger partial charge is 0.489 e. The van der Waals surface area contributed by atoms with E-state index in [0.717, 1.165) is 35.2 Å². The smallest absolute Gasteiger partial charge is 0.133 e. The molecule has 1 atom stereocenters. The van der Waals surface area contributed by atoms with Crippen LogP contribution in [0.5, 0.6) is 5.75 Å². The first kappa shape index (κ1) is 13.4. The normalized spacial score (nSPS) is 25.1. The molecule has 0 bridgehead atoms. The Kier molecular flexibility index (Phi) is 3.83. The summed E-state index contributed by atoms with van der Waals surface area (Å²) in [6, 6.07) is 6.07. The highest BCUT2D eigenvalue weighted by atomic mass is 79.9. The van der Waals surface area contributed by atoms with Crippen molar-refractivity contribution in [2.24, 2.45) is 5.73 Å². The molecule has 3 nitrogen and oxygen atoms in total. The Morgan fingerprint density at radius 2 is 2.26 bits per heavy atom. The van der Waals surface area contributed by atoms with Crippen molar-refractivity contribution in [3.05, 3.63) is 28.2 Å². The molecule has 3 rings (SSSR count). The predicted octanol–water partition coefficient (Wildman–Crippen LogP) is 3.39. The van der Waals surface area contributed by atoms with Crippen molar-refractivity contribution in [2.75, 3.05) is 6.61 Å². The summed E-state index contributed by atoms with van der Waals surface area (Å²) < 4.78 is 13.1. The lowest BCUT2D eigenvalue weighted by Crippen LogP contribution is -2.48. The average molecular weight is 326 g/mol. The van der Waals surface area contributed by atoms with Gasteiger partial charge in [0.1, 0.15) is 11.9 Å². The summed E-state index contributed by atoms with van der Waals surface area (Å²) in [6.45, 7) is 1.38. The first-order chi connectivity index (χ1) is 9.21. The van der Waals surface area contributed by atoms with E-state index in [0.29, 0.717) is 6.54 Å². The van der Waals surface area contributed by atoms with E-state index < -0.39 is 0 Å². The molecular formula is C15H20BrNO2. The Morgan fingerprint density at radius 3 is 2.89 bits per heavy atom. The minimum absolute atomic E-state index is 0.132. The molecule has 1 spiro atoms. The molecular weight excluding hydrogens is 306 g/mol. The number of rotatable bonds is 3. The van der Waals surface area contributed by atoms with Gasteiger partial charge in [0.05, 0.1) is 16.7 Å². The highest BCUT2D eigenvalue weighted by Crippen LogP contribution is 2.43. The summed E-state index contributed by atoms with van der Waals surface area (Å²) in [7, 11) is 0. The lowest BCUT2D eigenvalue weighted by Gasteiger charge is -2.46. The maximum atomic E-state index is 6.15. The van der Waals surface area contributed by atoms with Gasteiger partial charge in [-0.3, -0.25) is 0 Å². The van der Waals surface area contributed by atoms with Gasteiger partial charge < -0.3 is 15.2 Å². The Balaban J connectivity index is 1.67. The van der Waals surface area contributed by atoms with Crippen molar-refractivity contribution in [3.8, 4) is 5.75 Å². The van der Waals surface area contributed by atoms with Crippen molar-refractivity contribution < 1.29 is 9.47 Å². The van der Waals surface area contributed by atoms with Crippen LogP contribution in [0.3, 0.4) is 0 Å². The van der Waals surface area contributed by atoms with Gasteiger partial charge in [-0.15, -0.1) is 0 Å². The number of ether oxygens (including phenoxy) is 2. The van der Waals surface area contributed by atoms with Gasteiger partial charge in [0.2, 0.25) is 0 Å². The third kappa shape index (κ3) is 2.81.